The van der Waals surface area contributed by atoms with Crippen molar-refractivity contribution >= 4 is 22.4 Å². The minimum Gasteiger partial charge on any atom is -0.395 e. The van der Waals surface area contributed by atoms with Gasteiger partial charge in [0.05, 0.1) is 6.61 Å². The lowest BCUT2D eigenvalue weighted by atomic mass is 10.3. The summed E-state index contributed by atoms with van der Waals surface area (Å²) >= 11 is 1.40. The van der Waals surface area contributed by atoms with Crippen LogP contribution in [0.15, 0.2) is 0 Å². The van der Waals surface area contributed by atoms with Gasteiger partial charge in [-0.05, 0) is 24.9 Å². The van der Waals surface area contributed by atoms with Crippen molar-refractivity contribution in [3.8, 4) is 0 Å². The molecule has 80 valence electrons. The monoisotopic (exact) mass is 215 g/mol. The highest BCUT2D eigenvalue weighted by molar-refractivity contribution is 7.10. The summed E-state index contributed by atoms with van der Waals surface area (Å²) in [5.74, 6) is 0.601. The van der Waals surface area contributed by atoms with Crippen molar-refractivity contribution < 1.29 is 5.11 Å². The highest BCUT2D eigenvalue weighted by atomic mass is 32.1. The molecule has 0 bridgehead atoms. The molecule has 5 heteroatoms. The zero-order valence-electron chi connectivity index (χ0n) is 8.66. The van der Waals surface area contributed by atoms with E-state index in [1.54, 1.807) is 0 Å². The third-order valence-corrected chi connectivity index (χ3v) is 3.11. The van der Waals surface area contributed by atoms with Gasteiger partial charge in [0.25, 0.3) is 0 Å². The highest BCUT2D eigenvalue weighted by Gasteiger charge is 2.13. The maximum absolute atomic E-state index is 8.93. The third kappa shape index (κ3) is 2.36. The zero-order valence-corrected chi connectivity index (χ0v) is 9.47. The molecule has 1 heterocycles. The van der Waals surface area contributed by atoms with Gasteiger partial charge in [0.15, 0.2) is 0 Å². The Morgan fingerprint density at radius 1 is 1.50 bits per heavy atom. The quantitative estimate of drug-likeness (QED) is 0.776. The molecule has 0 unspecified atom stereocenters. The first-order valence-corrected chi connectivity index (χ1v) is 5.55. The van der Waals surface area contributed by atoms with Crippen molar-refractivity contribution in [2.45, 2.75) is 20.3 Å². The van der Waals surface area contributed by atoms with Crippen LogP contribution in [0, 0.1) is 6.92 Å². The van der Waals surface area contributed by atoms with E-state index in [-0.39, 0.29) is 6.61 Å². The summed E-state index contributed by atoms with van der Waals surface area (Å²) in [6.45, 7) is 5.83. The molecule has 0 aliphatic rings. The molecule has 1 aromatic heterocycles. The predicted molar refractivity (Wildman–Crippen MR) is 60.9 cm³/mol. The van der Waals surface area contributed by atoms with E-state index in [1.165, 1.54) is 11.5 Å². The van der Waals surface area contributed by atoms with E-state index in [1.807, 2.05) is 6.92 Å². The molecule has 1 rings (SSSR count). The van der Waals surface area contributed by atoms with Gasteiger partial charge in [-0.25, -0.2) is 0 Å². The summed E-state index contributed by atoms with van der Waals surface area (Å²) < 4.78 is 4.10. The molecule has 0 atom stereocenters. The SMILES string of the molecule is CCCN(CCO)c1snc(N)c1C. The van der Waals surface area contributed by atoms with Gasteiger partial charge in [0.1, 0.15) is 10.8 Å². The molecule has 0 fully saturated rings. The minimum atomic E-state index is 0.164. The third-order valence-electron chi connectivity index (χ3n) is 2.09. The Labute approximate surface area is 88.5 Å². The lowest BCUT2D eigenvalue weighted by Crippen LogP contribution is -2.27. The second kappa shape index (κ2) is 5.17. The summed E-state index contributed by atoms with van der Waals surface area (Å²) in [4.78, 5) is 2.13. The molecule has 0 saturated carbocycles. The van der Waals surface area contributed by atoms with E-state index >= 15 is 0 Å². The number of aliphatic hydroxyl groups excluding tert-OH is 1. The number of nitrogen functional groups attached to an aromatic ring is 1. The van der Waals surface area contributed by atoms with Crippen LogP contribution in [-0.2, 0) is 0 Å². The average molecular weight is 215 g/mol. The van der Waals surface area contributed by atoms with E-state index in [0.29, 0.717) is 12.4 Å². The fourth-order valence-electron chi connectivity index (χ4n) is 1.34. The van der Waals surface area contributed by atoms with Gasteiger partial charge in [0, 0.05) is 18.7 Å². The van der Waals surface area contributed by atoms with Crippen LogP contribution in [0.2, 0.25) is 0 Å². The van der Waals surface area contributed by atoms with E-state index in [4.69, 9.17) is 10.8 Å². The molecule has 0 spiro atoms. The van der Waals surface area contributed by atoms with Crippen LogP contribution in [0.25, 0.3) is 0 Å². The van der Waals surface area contributed by atoms with Gasteiger partial charge in [-0.15, -0.1) is 0 Å². The molecule has 0 saturated heterocycles. The lowest BCUT2D eigenvalue weighted by Gasteiger charge is -2.21. The molecule has 14 heavy (non-hydrogen) atoms. The van der Waals surface area contributed by atoms with E-state index in [9.17, 15) is 0 Å². The fraction of sp³-hybridized carbons (Fsp3) is 0.667. The number of rotatable bonds is 5. The maximum Gasteiger partial charge on any atom is 0.142 e. The molecule has 1 aromatic rings. The second-order valence-corrected chi connectivity index (χ2v) is 3.96. The fourth-order valence-corrected chi connectivity index (χ4v) is 2.20. The van der Waals surface area contributed by atoms with Crippen molar-refractivity contribution in [1.29, 1.82) is 0 Å². The Balaban J connectivity index is 2.81. The number of nitrogens with zero attached hydrogens (tertiary/aromatic N) is 2. The topological polar surface area (TPSA) is 62.4 Å². The normalized spacial score (nSPS) is 10.5. The Kier molecular flexibility index (Phi) is 4.16. The van der Waals surface area contributed by atoms with Crippen LogP contribution in [0.1, 0.15) is 18.9 Å². The molecule has 3 N–H and O–H groups in total. The molecule has 0 radical (unpaired) electrons. The van der Waals surface area contributed by atoms with Crippen LogP contribution in [-0.4, -0.2) is 29.2 Å². The Morgan fingerprint density at radius 3 is 2.64 bits per heavy atom. The van der Waals surface area contributed by atoms with Gasteiger partial charge in [0.2, 0.25) is 0 Å². The second-order valence-electron chi connectivity index (χ2n) is 3.21. The zero-order chi connectivity index (χ0) is 10.6. The minimum absolute atomic E-state index is 0.164. The summed E-state index contributed by atoms with van der Waals surface area (Å²) in [6, 6.07) is 0. The van der Waals surface area contributed by atoms with Gasteiger partial charge < -0.3 is 15.7 Å². The molecule has 4 nitrogen and oxygen atoms in total. The Morgan fingerprint density at radius 2 is 2.21 bits per heavy atom. The average Bonchev–Trinajstić information content (AvgIpc) is 2.48. The first-order valence-electron chi connectivity index (χ1n) is 4.78. The number of aliphatic hydroxyl groups is 1. The van der Waals surface area contributed by atoms with Crippen molar-refractivity contribution in [3.05, 3.63) is 5.56 Å². The van der Waals surface area contributed by atoms with Crippen molar-refractivity contribution in [3.63, 3.8) is 0 Å². The standard InChI is InChI=1S/C9H17N3OS/c1-3-4-12(5-6-13)9-7(2)8(10)11-14-9/h13H,3-6H2,1-2H3,(H2,10,11). The molecule has 0 amide bonds. The van der Waals surface area contributed by atoms with Crippen molar-refractivity contribution in [1.82, 2.24) is 4.37 Å². The van der Waals surface area contributed by atoms with Crippen molar-refractivity contribution in [2.75, 3.05) is 30.3 Å². The Bertz CT molecular complexity index is 282. The van der Waals surface area contributed by atoms with E-state index in [0.717, 1.165) is 23.5 Å². The van der Waals surface area contributed by atoms with Crippen LogP contribution in [0.3, 0.4) is 0 Å². The highest BCUT2D eigenvalue weighted by Crippen LogP contribution is 2.29. The van der Waals surface area contributed by atoms with Crippen LogP contribution < -0.4 is 10.6 Å². The van der Waals surface area contributed by atoms with Crippen LogP contribution in [0.4, 0.5) is 10.8 Å². The van der Waals surface area contributed by atoms with Crippen LogP contribution >= 0.6 is 11.5 Å². The van der Waals surface area contributed by atoms with Crippen molar-refractivity contribution in [2.24, 2.45) is 0 Å². The molecule has 0 aromatic carbocycles. The molecule has 0 aliphatic carbocycles. The van der Waals surface area contributed by atoms with Crippen LogP contribution in [0.5, 0.6) is 0 Å². The number of hydrogen-bond acceptors (Lipinski definition) is 5. The summed E-state index contributed by atoms with van der Waals surface area (Å²) in [5.41, 5.74) is 6.71. The number of hydrogen-bond donors (Lipinski definition) is 2. The first-order chi connectivity index (χ1) is 6.70. The number of aromatic nitrogens is 1. The lowest BCUT2D eigenvalue weighted by molar-refractivity contribution is 0.302. The predicted octanol–water partition coefficient (Wildman–Crippen LogP) is 1.24. The number of nitrogens with two attached hydrogens (primary N) is 1. The largest absolute Gasteiger partial charge is 0.395 e. The summed E-state index contributed by atoms with van der Waals surface area (Å²) in [6.07, 6.45) is 1.05. The van der Waals surface area contributed by atoms with Gasteiger partial charge in [-0.1, -0.05) is 6.92 Å². The first kappa shape index (κ1) is 11.3. The maximum atomic E-state index is 8.93. The smallest absolute Gasteiger partial charge is 0.142 e. The van der Waals surface area contributed by atoms with Gasteiger partial charge in [-0.2, -0.15) is 4.37 Å². The molecule has 0 aliphatic heterocycles. The Hall–Kier alpha value is -0.810. The molecular weight excluding hydrogens is 198 g/mol. The van der Waals surface area contributed by atoms with Gasteiger partial charge >= 0.3 is 0 Å². The summed E-state index contributed by atoms with van der Waals surface area (Å²) in [5, 5.41) is 10.0. The number of anilines is 2. The summed E-state index contributed by atoms with van der Waals surface area (Å²) in [7, 11) is 0. The van der Waals surface area contributed by atoms with E-state index in [2.05, 4.69) is 16.2 Å². The molecular formula is C9H17N3OS. The van der Waals surface area contributed by atoms with Gasteiger partial charge in [-0.3, -0.25) is 0 Å². The van der Waals surface area contributed by atoms with E-state index < -0.39 is 0 Å².